The molecule has 0 saturated heterocycles. The van der Waals surface area contributed by atoms with Crippen molar-refractivity contribution >= 4 is 0 Å². The molecule has 3 N–H and O–H groups in total. The Morgan fingerprint density at radius 3 is 1.69 bits per heavy atom. The van der Waals surface area contributed by atoms with Gasteiger partial charge in [0, 0.05) is 0 Å². The van der Waals surface area contributed by atoms with Crippen LogP contribution in [-0.2, 0) is 14.7 Å². The van der Waals surface area contributed by atoms with E-state index in [0.717, 1.165) is 0 Å². The van der Waals surface area contributed by atoms with E-state index in [2.05, 4.69) is 14.7 Å². The van der Waals surface area contributed by atoms with Crippen molar-refractivity contribution in [3.63, 3.8) is 0 Å². The zero-order chi connectivity index (χ0) is 10.2. The van der Waals surface area contributed by atoms with Crippen LogP contribution in [0.15, 0.2) is 0 Å². The van der Waals surface area contributed by atoms with Crippen LogP contribution >= 0.6 is 0 Å². The first-order chi connectivity index (χ1) is 6.18. The fourth-order valence-electron chi connectivity index (χ4n) is 1.01. The smallest absolute Gasteiger partial charge is 0.0875 e. The Kier molecular flexibility index (Phi) is 7.06. The van der Waals surface area contributed by atoms with E-state index in [1.165, 1.54) is 0 Å². The molecule has 0 rings (SSSR count). The number of hydrogen-bond acceptors (Lipinski definition) is 6. The number of hydrogen-bond donors (Lipinski definition) is 3. The monoisotopic (exact) mass is 196 g/mol. The van der Waals surface area contributed by atoms with Gasteiger partial charge in [-0.05, 0) is 18.3 Å². The first kappa shape index (κ1) is 12.8. The Morgan fingerprint density at radius 1 is 0.923 bits per heavy atom. The second-order valence-electron chi connectivity index (χ2n) is 3.25. The van der Waals surface area contributed by atoms with Gasteiger partial charge in [-0.1, -0.05) is 6.92 Å². The maximum atomic E-state index is 8.29. The van der Waals surface area contributed by atoms with Gasteiger partial charge in [-0.15, -0.1) is 0 Å². The van der Waals surface area contributed by atoms with Crippen molar-refractivity contribution in [2.45, 2.75) is 19.8 Å². The van der Waals surface area contributed by atoms with E-state index in [0.29, 0.717) is 12.8 Å². The summed E-state index contributed by atoms with van der Waals surface area (Å²) in [6.07, 6.45) is 0.987. The Bertz CT molecular complexity index is 110. The molecule has 0 aliphatic rings. The van der Waals surface area contributed by atoms with E-state index in [1.807, 2.05) is 6.92 Å². The van der Waals surface area contributed by atoms with Crippen molar-refractivity contribution in [3.05, 3.63) is 0 Å². The SMILES string of the molecule is CC(CCOO)(CCOO)COO. The Morgan fingerprint density at radius 2 is 1.38 bits per heavy atom. The van der Waals surface area contributed by atoms with Gasteiger partial charge in [-0.25, -0.2) is 14.7 Å². The first-order valence-electron chi connectivity index (χ1n) is 3.97. The average Bonchev–Trinajstić information content (AvgIpc) is 2.12. The third kappa shape index (κ3) is 5.92. The zero-order valence-corrected chi connectivity index (χ0v) is 7.60. The maximum Gasteiger partial charge on any atom is 0.0875 e. The Labute approximate surface area is 76.4 Å². The summed E-state index contributed by atoms with van der Waals surface area (Å²) in [6, 6.07) is 0. The van der Waals surface area contributed by atoms with Gasteiger partial charge in [0.2, 0.25) is 0 Å². The standard InChI is InChI=1S/C7H16O6/c1-7(6-13-10,2-4-11-8)3-5-12-9/h8-10H,2-6H2,1H3. The highest BCUT2D eigenvalue weighted by Crippen LogP contribution is 2.26. The van der Waals surface area contributed by atoms with Gasteiger partial charge in [0.1, 0.15) is 0 Å². The molecule has 0 heterocycles. The summed E-state index contributed by atoms with van der Waals surface area (Å²) in [5, 5.41) is 24.6. The van der Waals surface area contributed by atoms with E-state index in [1.54, 1.807) is 0 Å². The molecule has 0 spiro atoms. The Hall–Kier alpha value is -0.240. The number of rotatable bonds is 8. The van der Waals surface area contributed by atoms with Gasteiger partial charge in [-0.3, -0.25) is 15.8 Å². The highest BCUT2D eigenvalue weighted by molar-refractivity contribution is 4.72. The van der Waals surface area contributed by atoms with Gasteiger partial charge in [0.15, 0.2) is 0 Å². The van der Waals surface area contributed by atoms with E-state index >= 15 is 0 Å². The molecule has 80 valence electrons. The maximum absolute atomic E-state index is 8.29. The topological polar surface area (TPSA) is 88.4 Å². The summed E-state index contributed by atoms with van der Waals surface area (Å²) < 4.78 is 0. The van der Waals surface area contributed by atoms with Crippen molar-refractivity contribution in [1.29, 1.82) is 0 Å². The van der Waals surface area contributed by atoms with Crippen LogP contribution < -0.4 is 0 Å². The van der Waals surface area contributed by atoms with Gasteiger partial charge in [0.25, 0.3) is 0 Å². The molecule has 0 atom stereocenters. The van der Waals surface area contributed by atoms with Crippen molar-refractivity contribution in [1.82, 2.24) is 0 Å². The van der Waals surface area contributed by atoms with Crippen LogP contribution in [0.2, 0.25) is 0 Å². The third-order valence-electron chi connectivity index (χ3n) is 2.01. The van der Waals surface area contributed by atoms with Crippen LogP contribution in [0.25, 0.3) is 0 Å². The lowest BCUT2D eigenvalue weighted by Crippen LogP contribution is -2.26. The molecular formula is C7H16O6. The van der Waals surface area contributed by atoms with E-state index < -0.39 is 0 Å². The predicted octanol–water partition coefficient (Wildman–Crippen LogP) is 1.24. The molecule has 0 radical (unpaired) electrons. The van der Waals surface area contributed by atoms with Crippen molar-refractivity contribution in [2.75, 3.05) is 19.8 Å². The summed E-state index contributed by atoms with van der Waals surface area (Å²) in [4.78, 5) is 11.9. The van der Waals surface area contributed by atoms with Crippen molar-refractivity contribution in [3.8, 4) is 0 Å². The fourth-order valence-corrected chi connectivity index (χ4v) is 1.01. The lowest BCUT2D eigenvalue weighted by Gasteiger charge is -2.26. The molecule has 13 heavy (non-hydrogen) atoms. The van der Waals surface area contributed by atoms with E-state index in [9.17, 15) is 0 Å². The second kappa shape index (κ2) is 7.19. The van der Waals surface area contributed by atoms with E-state index in [4.69, 9.17) is 15.8 Å². The zero-order valence-electron chi connectivity index (χ0n) is 7.60. The predicted molar refractivity (Wildman–Crippen MR) is 43.1 cm³/mol. The summed E-state index contributed by atoms with van der Waals surface area (Å²) in [7, 11) is 0. The molecule has 0 aliphatic carbocycles. The first-order valence-corrected chi connectivity index (χ1v) is 3.97. The molecule has 0 aromatic rings. The van der Waals surface area contributed by atoms with Crippen LogP contribution in [0, 0.1) is 5.41 Å². The molecule has 0 fully saturated rings. The summed E-state index contributed by atoms with van der Waals surface area (Å²) in [6.45, 7) is 2.21. The van der Waals surface area contributed by atoms with Crippen LogP contribution in [-0.4, -0.2) is 35.6 Å². The van der Waals surface area contributed by atoms with Crippen LogP contribution in [0.4, 0.5) is 0 Å². The second-order valence-corrected chi connectivity index (χ2v) is 3.25. The van der Waals surface area contributed by atoms with Gasteiger partial charge in [0.05, 0.1) is 19.8 Å². The average molecular weight is 196 g/mol. The van der Waals surface area contributed by atoms with Crippen molar-refractivity contribution in [2.24, 2.45) is 5.41 Å². The van der Waals surface area contributed by atoms with E-state index in [-0.39, 0.29) is 25.2 Å². The van der Waals surface area contributed by atoms with Gasteiger partial charge >= 0.3 is 0 Å². The molecule has 0 unspecified atom stereocenters. The lowest BCUT2D eigenvalue weighted by molar-refractivity contribution is -0.282. The minimum Gasteiger partial charge on any atom is -0.252 e. The molecule has 6 heteroatoms. The molecular weight excluding hydrogens is 180 g/mol. The lowest BCUT2D eigenvalue weighted by atomic mass is 9.85. The molecule has 0 aromatic heterocycles. The Balaban J connectivity index is 3.84. The highest BCUT2D eigenvalue weighted by Gasteiger charge is 2.24. The molecule has 0 amide bonds. The molecule has 6 nitrogen and oxygen atoms in total. The van der Waals surface area contributed by atoms with Gasteiger partial charge in [-0.2, -0.15) is 0 Å². The van der Waals surface area contributed by atoms with Crippen LogP contribution in [0.3, 0.4) is 0 Å². The molecule has 0 saturated carbocycles. The normalized spacial score (nSPS) is 12.0. The summed E-state index contributed by atoms with van der Waals surface area (Å²) in [5.41, 5.74) is -0.389. The van der Waals surface area contributed by atoms with Gasteiger partial charge < -0.3 is 0 Å². The molecule has 0 aliphatic heterocycles. The molecule has 0 bridgehead atoms. The minimum absolute atomic E-state index is 0.0969. The minimum atomic E-state index is -0.389. The quantitative estimate of drug-likeness (QED) is 0.400. The summed E-state index contributed by atoms with van der Waals surface area (Å²) >= 11 is 0. The largest absolute Gasteiger partial charge is 0.252 e. The van der Waals surface area contributed by atoms with Crippen molar-refractivity contribution < 1.29 is 30.4 Å². The van der Waals surface area contributed by atoms with Crippen LogP contribution in [0.1, 0.15) is 19.8 Å². The highest BCUT2D eigenvalue weighted by atomic mass is 17.1. The van der Waals surface area contributed by atoms with Crippen LogP contribution in [0.5, 0.6) is 0 Å². The molecule has 0 aromatic carbocycles. The summed E-state index contributed by atoms with van der Waals surface area (Å²) in [5.74, 6) is 0. The fraction of sp³-hybridized carbons (Fsp3) is 1.00. The third-order valence-corrected chi connectivity index (χ3v) is 2.01.